The van der Waals surface area contributed by atoms with Gasteiger partial charge in [0, 0.05) is 21.9 Å². The Morgan fingerprint density at radius 3 is 2.17 bits per heavy atom. The van der Waals surface area contributed by atoms with E-state index in [1.807, 2.05) is 24.3 Å². The van der Waals surface area contributed by atoms with Gasteiger partial charge in [-0.2, -0.15) is 0 Å². The summed E-state index contributed by atoms with van der Waals surface area (Å²) < 4.78 is 0. The van der Waals surface area contributed by atoms with Crippen LogP contribution in [-0.2, 0) is 5.41 Å². The second-order valence-electron chi connectivity index (χ2n) is 9.91. The Bertz CT molecular complexity index is 1680. The Morgan fingerprint density at radius 2 is 1.43 bits per heavy atom. The number of hydrogen-bond donors (Lipinski definition) is 0. The number of hydrogen-bond acceptors (Lipinski definition) is 2. The molecule has 0 aliphatic heterocycles. The van der Waals surface area contributed by atoms with Crippen LogP contribution >= 0.6 is 0 Å². The van der Waals surface area contributed by atoms with Crippen molar-refractivity contribution in [3.05, 3.63) is 113 Å². The molecule has 3 heteroatoms. The zero-order valence-corrected chi connectivity index (χ0v) is 20.3. The summed E-state index contributed by atoms with van der Waals surface area (Å²) >= 11 is 0. The third kappa shape index (κ3) is 3.18. The molecule has 0 spiro atoms. The first kappa shape index (κ1) is 21.3. The van der Waals surface area contributed by atoms with Crippen molar-refractivity contribution in [2.45, 2.75) is 33.1 Å². The van der Waals surface area contributed by atoms with Gasteiger partial charge in [0.1, 0.15) is 0 Å². The van der Waals surface area contributed by atoms with Crippen molar-refractivity contribution < 1.29 is 0 Å². The van der Waals surface area contributed by atoms with Crippen molar-refractivity contribution in [3.8, 4) is 33.8 Å². The van der Waals surface area contributed by atoms with Gasteiger partial charge in [0.15, 0.2) is 11.5 Å². The van der Waals surface area contributed by atoms with Gasteiger partial charge in [-0.05, 0) is 65.4 Å². The molecule has 1 aromatic heterocycles. The smallest absolute Gasteiger partial charge is 0.187 e. The monoisotopic (exact) mass is 451 g/mol. The summed E-state index contributed by atoms with van der Waals surface area (Å²) in [6, 6.07) is 27.2. The highest BCUT2D eigenvalue weighted by Crippen LogP contribution is 2.50. The van der Waals surface area contributed by atoms with Gasteiger partial charge in [0.05, 0.1) is 17.8 Å². The van der Waals surface area contributed by atoms with Crippen molar-refractivity contribution in [1.82, 2.24) is 9.97 Å². The summed E-state index contributed by atoms with van der Waals surface area (Å²) in [6.07, 6.45) is 0. The topological polar surface area (TPSA) is 30.1 Å². The van der Waals surface area contributed by atoms with E-state index in [0.717, 1.165) is 33.5 Å². The minimum atomic E-state index is -0.114. The molecule has 0 amide bonds. The molecule has 168 valence electrons. The number of aromatic nitrogens is 2. The average molecular weight is 452 g/mol. The van der Waals surface area contributed by atoms with E-state index < -0.39 is 0 Å². The summed E-state index contributed by atoms with van der Waals surface area (Å²) in [7, 11) is 0. The van der Waals surface area contributed by atoms with E-state index in [0.29, 0.717) is 5.69 Å². The normalized spacial score (nSPS) is 13.3. The molecule has 0 unspecified atom stereocenters. The van der Waals surface area contributed by atoms with E-state index >= 15 is 0 Å². The molecule has 0 N–H and O–H groups in total. The maximum atomic E-state index is 7.49. The third-order valence-corrected chi connectivity index (χ3v) is 7.37. The number of fused-ring (bicyclic) bond motifs is 4. The molecular weight excluding hydrogens is 426 g/mol. The molecule has 1 aliphatic carbocycles. The lowest BCUT2D eigenvalue weighted by molar-refractivity contribution is 0.660. The molecule has 0 saturated heterocycles. The van der Waals surface area contributed by atoms with Crippen molar-refractivity contribution in [2.75, 3.05) is 0 Å². The lowest BCUT2D eigenvalue weighted by Gasteiger charge is -2.21. The molecule has 5 aromatic rings. The SMILES string of the molecule is [C-]#[N+]c1ccc2c(c1)-c1cc(-c3nc(-c4c(C)cccc4C)c4ccccc4n3)ccc1C2(C)C. The fourth-order valence-electron chi connectivity index (χ4n) is 5.55. The highest BCUT2D eigenvalue weighted by molar-refractivity contribution is 5.95. The zero-order valence-electron chi connectivity index (χ0n) is 20.3. The van der Waals surface area contributed by atoms with E-state index in [1.54, 1.807) is 0 Å². The van der Waals surface area contributed by atoms with E-state index in [4.69, 9.17) is 16.5 Å². The van der Waals surface area contributed by atoms with E-state index in [2.05, 4.69) is 87.1 Å². The molecule has 0 atom stereocenters. The maximum Gasteiger partial charge on any atom is 0.187 e. The quantitative estimate of drug-likeness (QED) is 0.252. The lowest BCUT2D eigenvalue weighted by atomic mass is 9.82. The van der Waals surface area contributed by atoms with Gasteiger partial charge in [0.2, 0.25) is 0 Å². The molecule has 0 saturated carbocycles. The summed E-state index contributed by atoms with van der Waals surface area (Å²) in [6.45, 7) is 16.3. The highest BCUT2D eigenvalue weighted by atomic mass is 14.9. The van der Waals surface area contributed by atoms with Crippen LogP contribution < -0.4 is 0 Å². The van der Waals surface area contributed by atoms with Gasteiger partial charge in [0.25, 0.3) is 0 Å². The minimum Gasteiger partial charge on any atom is -0.238 e. The van der Waals surface area contributed by atoms with Crippen LogP contribution in [0, 0.1) is 20.4 Å². The van der Waals surface area contributed by atoms with E-state index in [1.165, 1.54) is 33.4 Å². The van der Waals surface area contributed by atoms with Crippen LogP contribution in [-0.4, -0.2) is 9.97 Å². The first-order valence-corrected chi connectivity index (χ1v) is 11.9. The van der Waals surface area contributed by atoms with Crippen LogP contribution in [0.5, 0.6) is 0 Å². The molecule has 3 nitrogen and oxygen atoms in total. The van der Waals surface area contributed by atoms with Crippen LogP contribution in [0.25, 0.3) is 49.5 Å². The molecule has 4 aromatic carbocycles. The minimum absolute atomic E-state index is 0.114. The predicted molar refractivity (Wildman–Crippen MR) is 144 cm³/mol. The van der Waals surface area contributed by atoms with Crippen molar-refractivity contribution >= 4 is 16.6 Å². The van der Waals surface area contributed by atoms with Crippen molar-refractivity contribution in [3.63, 3.8) is 0 Å². The van der Waals surface area contributed by atoms with Crippen LogP contribution in [0.3, 0.4) is 0 Å². The van der Waals surface area contributed by atoms with Crippen molar-refractivity contribution in [1.29, 1.82) is 0 Å². The van der Waals surface area contributed by atoms with Crippen molar-refractivity contribution in [2.24, 2.45) is 0 Å². The largest absolute Gasteiger partial charge is 0.238 e. The maximum absolute atomic E-state index is 7.49. The Hall–Kier alpha value is -4.29. The van der Waals surface area contributed by atoms with Crippen LogP contribution in [0.15, 0.2) is 78.9 Å². The Morgan fingerprint density at radius 1 is 0.743 bits per heavy atom. The van der Waals surface area contributed by atoms with Gasteiger partial charge in [-0.3, -0.25) is 0 Å². The highest BCUT2D eigenvalue weighted by Gasteiger charge is 2.35. The molecule has 1 aliphatic rings. The molecule has 0 fully saturated rings. The van der Waals surface area contributed by atoms with Gasteiger partial charge in [-0.1, -0.05) is 74.5 Å². The van der Waals surface area contributed by atoms with Gasteiger partial charge < -0.3 is 0 Å². The predicted octanol–water partition coefficient (Wildman–Crippen LogP) is 8.44. The summed E-state index contributed by atoms with van der Waals surface area (Å²) in [5.41, 5.74) is 11.8. The second-order valence-corrected chi connectivity index (χ2v) is 9.91. The Labute approximate surface area is 206 Å². The molecular formula is C32H25N3. The molecule has 0 radical (unpaired) electrons. The van der Waals surface area contributed by atoms with E-state index in [-0.39, 0.29) is 5.41 Å². The van der Waals surface area contributed by atoms with Gasteiger partial charge in [-0.25, -0.2) is 14.8 Å². The van der Waals surface area contributed by atoms with Gasteiger partial charge >= 0.3 is 0 Å². The molecule has 35 heavy (non-hydrogen) atoms. The Balaban J connectivity index is 1.61. The summed E-state index contributed by atoms with van der Waals surface area (Å²) in [4.78, 5) is 13.8. The summed E-state index contributed by atoms with van der Waals surface area (Å²) in [5.74, 6) is 0.719. The number of aryl methyl sites for hydroxylation is 2. The molecule has 0 bridgehead atoms. The van der Waals surface area contributed by atoms with Crippen LogP contribution in [0.1, 0.15) is 36.1 Å². The standard InChI is InChI=1S/C32H25N3/c1-19-9-8-10-20(2)29(19)30-23-11-6-7-12-28(23)34-31(35-30)21-13-15-26-24(17-21)25-18-22(33-5)14-16-27(25)32(26,3)4/h6-18H,1-4H3. The van der Waals surface area contributed by atoms with Gasteiger partial charge in [-0.15, -0.1) is 0 Å². The van der Waals surface area contributed by atoms with Crippen LogP contribution in [0.4, 0.5) is 5.69 Å². The number of benzene rings is 4. The van der Waals surface area contributed by atoms with E-state index in [9.17, 15) is 0 Å². The second kappa shape index (κ2) is 7.61. The number of nitrogens with zero attached hydrogens (tertiary/aromatic N) is 3. The summed E-state index contributed by atoms with van der Waals surface area (Å²) in [5, 5.41) is 1.06. The molecule has 1 heterocycles. The fourth-order valence-corrected chi connectivity index (χ4v) is 5.55. The Kier molecular flexibility index (Phi) is 4.62. The first-order valence-electron chi connectivity index (χ1n) is 11.9. The van der Waals surface area contributed by atoms with Crippen LogP contribution in [0.2, 0.25) is 0 Å². The average Bonchev–Trinajstić information content (AvgIpc) is 3.09. The third-order valence-electron chi connectivity index (χ3n) is 7.37. The number of rotatable bonds is 2. The lowest BCUT2D eigenvalue weighted by Crippen LogP contribution is -2.14. The fraction of sp³-hybridized carbons (Fsp3) is 0.156. The number of para-hydroxylation sites is 1. The first-order chi connectivity index (χ1) is 16.9. The molecule has 6 rings (SSSR count). The zero-order chi connectivity index (χ0) is 24.3.